The monoisotopic (exact) mass is 294 g/mol. The van der Waals surface area contributed by atoms with Crippen molar-refractivity contribution >= 4 is 27.6 Å². The lowest BCUT2D eigenvalue weighted by atomic mass is 10.0. The average molecular weight is 294 g/mol. The molecule has 2 atom stereocenters. The van der Waals surface area contributed by atoms with Crippen molar-refractivity contribution in [2.75, 3.05) is 5.75 Å². The summed E-state index contributed by atoms with van der Waals surface area (Å²) in [5, 5.41) is 26.8. The number of aliphatic hydroxyl groups is 2. The van der Waals surface area contributed by atoms with Gasteiger partial charge in [0.15, 0.2) is 5.12 Å². The second-order valence-electron chi connectivity index (χ2n) is 4.36. The van der Waals surface area contributed by atoms with Gasteiger partial charge in [0.05, 0.1) is 17.7 Å². The van der Waals surface area contributed by atoms with Crippen molar-refractivity contribution in [3.8, 4) is 0 Å². The first-order chi connectivity index (χ1) is 9.49. The molecule has 1 aromatic heterocycles. The minimum absolute atomic E-state index is 0.113. The van der Waals surface area contributed by atoms with Gasteiger partial charge in [0, 0.05) is 18.1 Å². The Morgan fingerprint density at radius 2 is 2.20 bits per heavy atom. The Balaban J connectivity index is 2.24. The number of rotatable bonds is 4. The molecule has 106 valence electrons. The number of carbonyl (C=O) groups excluding carboxylic acids is 1. The zero-order valence-electron chi connectivity index (χ0n) is 10.7. The molecule has 0 bridgehead atoms. The molecule has 0 fully saturated rings. The molecular weight excluding hydrogens is 280 g/mol. The lowest BCUT2D eigenvalue weighted by Crippen LogP contribution is -2.21. The molecule has 0 amide bonds. The highest BCUT2D eigenvalue weighted by molar-refractivity contribution is 8.13. The molecule has 1 aromatic carbocycles. The molecule has 0 aliphatic rings. The van der Waals surface area contributed by atoms with Gasteiger partial charge in [-0.15, -0.1) is 0 Å². The standard InChI is InChI=1S/C13H14N2O4S/c1-7(16)20-6-11(17)12(18)8-2-3-10-9(4-8)5-14-15-13(10)19/h2-5,11-12,17-18H,6H2,1H3,(H,15,19). The Labute approximate surface area is 118 Å². The van der Waals surface area contributed by atoms with Crippen LogP contribution in [0.5, 0.6) is 0 Å². The third-order valence-electron chi connectivity index (χ3n) is 2.85. The molecule has 6 nitrogen and oxygen atoms in total. The van der Waals surface area contributed by atoms with Gasteiger partial charge in [-0.1, -0.05) is 17.8 Å². The first-order valence-electron chi connectivity index (χ1n) is 5.96. The van der Waals surface area contributed by atoms with Crippen LogP contribution in [0.2, 0.25) is 0 Å². The van der Waals surface area contributed by atoms with E-state index in [-0.39, 0.29) is 16.4 Å². The third kappa shape index (κ3) is 3.24. The molecule has 0 radical (unpaired) electrons. The summed E-state index contributed by atoms with van der Waals surface area (Å²) in [5.41, 5.74) is 0.165. The van der Waals surface area contributed by atoms with E-state index in [0.717, 1.165) is 11.8 Å². The van der Waals surface area contributed by atoms with E-state index in [4.69, 9.17) is 0 Å². The molecule has 2 unspecified atom stereocenters. The van der Waals surface area contributed by atoms with Crippen molar-refractivity contribution in [1.29, 1.82) is 0 Å². The topological polar surface area (TPSA) is 103 Å². The number of aromatic amines is 1. The SMILES string of the molecule is CC(=O)SCC(O)C(O)c1ccc2c(=O)[nH]ncc2c1. The van der Waals surface area contributed by atoms with Crippen LogP contribution in [0.15, 0.2) is 29.2 Å². The lowest BCUT2D eigenvalue weighted by molar-refractivity contribution is -0.109. The van der Waals surface area contributed by atoms with Crippen molar-refractivity contribution in [2.24, 2.45) is 0 Å². The second kappa shape index (κ2) is 6.17. The Kier molecular flexibility index (Phi) is 4.53. The second-order valence-corrected chi connectivity index (χ2v) is 5.56. The van der Waals surface area contributed by atoms with Crippen LogP contribution < -0.4 is 5.56 Å². The van der Waals surface area contributed by atoms with Crippen LogP contribution in [-0.4, -0.2) is 37.4 Å². The van der Waals surface area contributed by atoms with Crippen LogP contribution in [0, 0.1) is 0 Å². The third-order valence-corrected chi connectivity index (χ3v) is 3.77. The van der Waals surface area contributed by atoms with Crippen LogP contribution in [-0.2, 0) is 4.79 Å². The molecule has 20 heavy (non-hydrogen) atoms. The first kappa shape index (κ1) is 14.7. The van der Waals surface area contributed by atoms with Gasteiger partial charge in [-0.25, -0.2) is 5.10 Å². The Morgan fingerprint density at radius 1 is 1.45 bits per heavy atom. The van der Waals surface area contributed by atoms with Gasteiger partial charge >= 0.3 is 0 Å². The van der Waals surface area contributed by atoms with Gasteiger partial charge in [0.2, 0.25) is 0 Å². The molecule has 0 aliphatic heterocycles. The minimum Gasteiger partial charge on any atom is -0.389 e. The normalized spacial score (nSPS) is 14.2. The number of fused-ring (bicyclic) bond motifs is 1. The number of aromatic nitrogens is 2. The molecular formula is C13H14N2O4S. The van der Waals surface area contributed by atoms with E-state index >= 15 is 0 Å². The zero-order chi connectivity index (χ0) is 14.7. The molecule has 2 rings (SSSR count). The van der Waals surface area contributed by atoms with Crippen LogP contribution in [0.3, 0.4) is 0 Å². The number of H-pyrrole nitrogens is 1. The maximum absolute atomic E-state index is 11.5. The number of nitrogens with zero attached hydrogens (tertiary/aromatic N) is 1. The van der Waals surface area contributed by atoms with Crippen LogP contribution in [0.1, 0.15) is 18.6 Å². The predicted molar refractivity (Wildman–Crippen MR) is 76.5 cm³/mol. The zero-order valence-corrected chi connectivity index (χ0v) is 11.6. The number of aliphatic hydroxyl groups excluding tert-OH is 2. The summed E-state index contributed by atoms with van der Waals surface area (Å²) in [6.45, 7) is 1.40. The van der Waals surface area contributed by atoms with E-state index in [2.05, 4.69) is 10.2 Å². The van der Waals surface area contributed by atoms with Crippen LogP contribution >= 0.6 is 11.8 Å². The highest BCUT2D eigenvalue weighted by atomic mass is 32.2. The Bertz CT molecular complexity index is 685. The van der Waals surface area contributed by atoms with Gasteiger partial charge in [0.1, 0.15) is 6.10 Å². The van der Waals surface area contributed by atoms with Crippen LogP contribution in [0.25, 0.3) is 10.8 Å². The van der Waals surface area contributed by atoms with E-state index in [9.17, 15) is 19.8 Å². The summed E-state index contributed by atoms with van der Waals surface area (Å²) >= 11 is 0.952. The average Bonchev–Trinajstić information content (AvgIpc) is 2.43. The number of hydrogen-bond donors (Lipinski definition) is 3. The summed E-state index contributed by atoms with van der Waals surface area (Å²) in [4.78, 5) is 22.3. The van der Waals surface area contributed by atoms with E-state index in [1.165, 1.54) is 13.1 Å². The molecule has 0 aliphatic carbocycles. The molecule has 0 saturated carbocycles. The minimum atomic E-state index is -1.12. The Hall–Kier alpha value is -1.70. The number of thioether (sulfide) groups is 1. The maximum Gasteiger partial charge on any atom is 0.272 e. The van der Waals surface area contributed by atoms with Crippen molar-refractivity contribution in [3.05, 3.63) is 40.3 Å². The smallest absolute Gasteiger partial charge is 0.272 e. The van der Waals surface area contributed by atoms with Crippen LogP contribution in [0.4, 0.5) is 0 Å². The number of benzene rings is 1. The van der Waals surface area contributed by atoms with Crippen molar-refractivity contribution in [1.82, 2.24) is 10.2 Å². The molecule has 7 heteroatoms. The van der Waals surface area contributed by atoms with E-state index in [0.29, 0.717) is 16.3 Å². The van der Waals surface area contributed by atoms with E-state index in [1.807, 2.05) is 0 Å². The van der Waals surface area contributed by atoms with E-state index < -0.39 is 12.2 Å². The summed E-state index contributed by atoms with van der Waals surface area (Å²) in [7, 11) is 0. The van der Waals surface area contributed by atoms with Crippen molar-refractivity contribution in [2.45, 2.75) is 19.1 Å². The van der Waals surface area contributed by atoms with Crippen molar-refractivity contribution in [3.63, 3.8) is 0 Å². The first-order valence-corrected chi connectivity index (χ1v) is 6.94. The molecule has 0 spiro atoms. The molecule has 0 saturated heterocycles. The predicted octanol–water partition coefficient (Wildman–Crippen LogP) is 0.597. The summed E-state index contributed by atoms with van der Waals surface area (Å²) in [5.74, 6) is 0.113. The highest BCUT2D eigenvalue weighted by Gasteiger charge is 2.19. The maximum atomic E-state index is 11.5. The summed E-state index contributed by atoms with van der Waals surface area (Å²) in [6.07, 6.45) is -0.703. The summed E-state index contributed by atoms with van der Waals surface area (Å²) < 4.78 is 0. The van der Waals surface area contributed by atoms with E-state index in [1.54, 1.807) is 18.2 Å². The highest BCUT2D eigenvalue weighted by Crippen LogP contribution is 2.22. The fraction of sp³-hybridized carbons (Fsp3) is 0.308. The van der Waals surface area contributed by atoms with Gasteiger partial charge in [-0.2, -0.15) is 5.10 Å². The summed E-state index contributed by atoms with van der Waals surface area (Å²) in [6, 6.07) is 4.74. The largest absolute Gasteiger partial charge is 0.389 e. The molecule has 2 aromatic rings. The lowest BCUT2D eigenvalue weighted by Gasteiger charge is -2.17. The quantitative estimate of drug-likeness (QED) is 0.763. The number of nitrogens with one attached hydrogen (secondary N) is 1. The Morgan fingerprint density at radius 3 is 2.90 bits per heavy atom. The van der Waals surface area contributed by atoms with Gasteiger partial charge in [-0.05, 0) is 17.7 Å². The van der Waals surface area contributed by atoms with Gasteiger partial charge < -0.3 is 10.2 Å². The number of carbonyl (C=O) groups is 1. The molecule has 1 heterocycles. The fourth-order valence-electron chi connectivity index (χ4n) is 1.82. The molecule has 3 N–H and O–H groups in total. The van der Waals surface area contributed by atoms with Crippen molar-refractivity contribution < 1.29 is 15.0 Å². The number of hydrogen-bond acceptors (Lipinski definition) is 6. The van der Waals surface area contributed by atoms with Gasteiger partial charge in [0.25, 0.3) is 5.56 Å². The fourth-order valence-corrected chi connectivity index (χ4v) is 2.40. The van der Waals surface area contributed by atoms with Gasteiger partial charge in [-0.3, -0.25) is 9.59 Å².